The van der Waals surface area contributed by atoms with Crippen molar-refractivity contribution in [2.75, 3.05) is 18.0 Å². The summed E-state index contributed by atoms with van der Waals surface area (Å²) in [6, 6.07) is 19.2. The molecule has 5 nitrogen and oxygen atoms in total. The zero-order chi connectivity index (χ0) is 22.9. The predicted octanol–water partition coefficient (Wildman–Crippen LogP) is 5.93. The van der Waals surface area contributed by atoms with Crippen molar-refractivity contribution in [1.82, 2.24) is 14.1 Å². The maximum absolute atomic E-state index is 9.14. The van der Waals surface area contributed by atoms with Crippen molar-refractivity contribution >= 4 is 5.69 Å². The Morgan fingerprint density at radius 3 is 2.53 bits per heavy atom. The smallest absolute Gasteiger partial charge is 0.161 e. The minimum Gasteiger partial charge on any atom is -0.370 e. The van der Waals surface area contributed by atoms with Crippen LogP contribution in [0.25, 0.3) is 28.3 Å². The molecule has 2 fully saturated rings. The van der Waals surface area contributed by atoms with Crippen molar-refractivity contribution in [2.24, 2.45) is 5.41 Å². The number of aryl methyl sites for hydroxylation is 1. The third kappa shape index (κ3) is 2.88. The van der Waals surface area contributed by atoms with Crippen LogP contribution in [0.1, 0.15) is 42.5 Å². The van der Waals surface area contributed by atoms with E-state index in [1.54, 1.807) is 0 Å². The Morgan fingerprint density at radius 1 is 0.971 bits per heavy atom. The van der Waals surface area contributed by atoms with Gasteiger partial charge in [-0.15, -0.1) is 0 Å². The molecule has 2 aromatic heterocycles. The summed E-state index contributed by atoms with van der Waals surface area (Å²) in [6.45, 7) is 5.36. The SMILES string of the molecule is Cc1cnc2n1-c1ccc(N3CC4(CCCC4)C3)cc1Cn1cc(-c3ccc(C#N)cc3)cc1-2. The molecule has 7 rings (SSSR count). The van der Waals surface area contributed by atoms with E-state index in [9.17, 15) is 0 Å². The van der Waals surface area contributed by atoms with E-state index in [1.807, 2.05) is 30.5 Å². The first-order valence-electron chi connectivity index (χ1n) is 12.3. The highest BCUT2D eigenvalue weighted by atomic mass is 15.2. The van der Waals surface area contributed by atoms with Crippen LogP contribution in [0.15, 0.2) is 60.9 Å². The second-order valence-corrected chi connectivity index (χ2v) is 10.4. The van der Waals surface area contributed by atoms with Crippen LogP contribution in [0.4, 0.5) is 5.69 Å². The lowest BCUT2D eigenvalue weighted by molar-refractivity contribution is 0.222. The Bertz CT molecular complexity index is 1450. The molecule has 0 unspecified atom stereocenters. The molecule has 34 heavy (non-hydrogen) atoms. The van der Waals surface area contributed by atoms with E-state index in [0.717, 1.165) is 34.9 Å². The van der Waals surface area contributed by atoms with Gasteiger partial charge < -0.3 is 9.47 Å². The number of nitrogens with zero attached hydrogens (tertiary/aromatic N) is 5. The lowest BCUT2D eigenvalue weighted by atomic mass is 9.78. The van der Waals surface area contributed by atoms with Crippen LogP contribution in [-0.2, 0) is 6.54 Å². The average Bonchev–Trinajstić information content (AvgIpc) is 3.56. The standard InChI is InChI=1S/C29H27N5/c1-20-15-31-28-27-13-23(22-6-4-21(14-30)5-7-22)16-32(27)17-24-12-25(8-9-26(24)34(20)28)33-18-29(19-33)10-2-3-11-29/h4-9,12-13,15-16H,2-3,10-11,17-19H2,1H3. The maximum Gasteiger partial charge on any atom is 0.161 e. The van der Waals surface area contributed by atoms with E-state index < -0.39 is 0 Å². The molecule has 5 heteroatoms. The van der Waals surface area contributed by atoms with Gasteiger partial charge in [0.25, 0.3) is 0 Å². The van der Waals surface area contributed by atoms with Crippen LogP contribution in [-0.4, -0.2) is 27.2 Å². The molecule has 4 aromatic rings. The Kier molecular flexibility index (Phi) is 4.11. The molecular weight excluding hydrogens is 418 g/mol. The highest BCUT2D eigenvalue weighted by Gasteiger charge is 2.44. The third-order valence-corrected chi connectivity index (χ3v) is 8.14. The van der Waals surface area contributed by atoms with Crippen molar-refractivity contribution in [2.45, 2.75) is 39.2 Å². The van der Waals surface area contributed by atoms with Crippen LogP contribution in [0.3, 0.4) is 0 Å². The summed E-state index contributed by atoms with van der Waals surface area (Å²) >= 11 is 0. The van der Waals surface area contributed by atoms with Crippen molar-refractivity contribution in [3.05, 3.63) is 77.7 Å². The van der Waals surface area contributed by atoms with Gasteiger partial charge in [0.15, 0.2) is 5.82 Å². The van der Waals surface area contributed by atoms with E-state index in [1.165, 1.54) is 55.7 Å². The predicted molar refractivity (Wildman–Crippen MR) is 134 cm³/mol. The summed E-state index contributed by atoms with van der Waals surface area (Å²) in [5, 5.41) is 9.14. The number of hydrogen-bond donors (Lipinski definition) is 0. The fraction of sp³-hybridized carbons (Fsp3) is 0.310. The van der Waals surface area contributed by atoms with Gasteiger partial charge in [-0.1, -0.05) is 25.0 Å². The Morgan fingerprint density at radius 2 is 1.76 bits per heavy atom. The quantitative estimate of drug-likeness (QED) is 0.338. The Balaban J connectivity index is 1.29. The van der Waals surface area contributed by atoms with Gasteiger partial charge in [-0.3, -0.25) is 4.57 Å². The van der Waals surface area contributed by atoms with Gasteiger partial charge in [0, 0.05) is 54.4 Å². The highest BCUT2D eigenvalue weighted by Crippen LogP contribution is 2.47. The maximum atomic E-state index is 9.14. The summed E-state index contributed by atoms with van der Waals surface area (Å²) in [5.41, 5.74) is 9.71. The number of benzene rings is 2. The summed E-state index contributed by atoms with van der Waals surface area (Å²) < 4.78 is 4.63. The van der Waals surface area contributed by atoms with Gasteiger partial charge in [-0.2, -0.15) is 5.26 Å². The van der Waals surface area contributed by atoms with E-state index in [2.05, 4.69) is 57.5 Å². The minimum absolute atomic E-state index is 0.588. The molecule has 1 spiro atoms. The summed E-state index contributed by atoms with van der Waals surface area (Å²) in [6.07, 6.45) is 9.80. The van der Waals surface area contributed by atoms with Crippen LogP contribution < -0.4 is 4.90 Å². The molecule has 2 aromatic carbocycles. The van der Waals surface area contributed by atoms with Gasteiger partial charge in [-0.25, -0.2) is 4.98 Å². The zero-order valence-electron chi connectivity index (χ0n) is 19.5. The third-order valence-electron chi connectivity index (χ3n) is 8.14. The van der Waals surface area contributed by atoms with Crippen LogP contribution in [0, 0.1) is 23.7 Å². The lowest BCUT2D eigenvalue weighted by Gasteiger charge is -2.50. The number of rotatable bonds is 2. The van der Waals surface area contributed by atoms with Crippen LogP contribution in [0.2, 0.25) is 0 Å². The molecule has 1 saturated carbocycles. The van der Waals surface area contributed by atoms with Crippen molar-refractivity contribution in [1.29, 1.82) is 5.26 Å². The molecule has 0 N–H and O–H groups in total. The summed E-state index contributed by atoms with van der Waals surface area (Å²) in [7, 11) is 0. The van der Waals surface area contributed by atoms with Gasteiger partial charge in [0.05, 0.1) is 23.0 Å². The molecule has 0 radical (unpaired) electrons. The molecule has 1 saturated heterocycles. The number of aromatic nitrogens is 3. The second-order valence-electron chi connectivity index (χ2n) is 10.4. The number of hydrogen-bond acceptors (Lipinski definition) is 3. The zero-order valence-corrected chi connectivity index (χ0v) is 19.5. The first kappa shape index (κ1) is 19.7. The van der Waals surface area contributed by atoms with Crippen LogP contribution in [0.5, 0.6) is 0 Å². The topological polar surface area (TPSA) is 49.8 Å². The minimum atomic E-state index is 0.588. The van der Waals surface area contributed by atoms with Crippen molar-refractivity contribution in [3.8, 4) is 34.4 Å². The van der Waals surface area contributed by atoms with E-state index in [0.29, 0.717) is 11.0 Å². The van der Waals surface area contributed by atoms with Gasteiger partial charge in [0.1, 0.15) is 0 Å². The Hall–Kier alpha value is -3.78. The average molecular weight is 446 g/mol. The number of imidazole rings is 1. The normalized spacial score (nSPS) is 17.5. The number of nitriles is 1. The first-order valence-corrected chi connectivity index (χ1v) is 12.3. The summed E-state index contributed by atoms with van der Waals surface area (Å²) in [5.74, 6) is 0.984. The van der Waals surface area contributed by atoms with E-state index >= 15 is 0 Å². The first-order chi connectivity index (χ1) is 16.6. The van der Waals surface area contributed by atoms with Gasteiger partial charge in [0.2, 0.25) is 0 Å². The van der Waals surface area contributed by atoms with Gasteiger partial charge >= 0.3 is 0 Å². The largest absolute Gasteiger partial charge is 0.370 e. The molecule has 4 heterocycles. The monoisotopic (exact) mass is 445 g/mol. The fourth-order valence-corrected chi connectivity index (χ4v) is 6.33. The van der Waals surface area contributed by atoms with E-state index in [-0.39, 0.29) is 0 Å². The van der Waals surface area contributed by atoms with E-state index in [4.69, 9.17) is 10.2 Å². The lowest BCUT2D eigenvalue weighted by Crippen LogP contribution is -2.55. The van der Waals surface area contributed by atoms with Gasteiger partial charge in [-0.05, 0) is 67.3 Å². The highest BCUT2D eigenvalue weighted by molar-refractivity contribution is 5.73. The Labute approximate surface area is 199 Å². The number of fused-ring (bicyclic) bond motifs is 5. The fourth-order valence-electron chi connectivity index (χ4n) is 6.33. The van der Waals surface area contributed by atoms with Crippen molar-refractivity contribution < 1.29 is 0 Å². The molecule has 0 amide bonds. The van der Waals surface area contributed by atoms with Crippen molar-refractivity contribution in [3.63, 3.8) is 0 Å². The molecule has 1 aliphatic carbocycles. The molecule has 0 bridgehead atoms. The summed E-state index contributed by atoms with van der Waals surface area (Å²) in [4.78, 5) is 7.38. The molecular formula is C29H27N5. The molecule has 168 valence electrons. The van der Waals surface area contributed by atoms with Crippen LogP contribution >= 0.6 is 0 Å². The molecule has 0 atom stereocenters. The number of anilines is 1. The molecule has 3 aliphatic rings. The molecule has 2 aliphatic heterocycles. The second kappa shape index (κ2) is 7.11.